The van der Waals surface area contributed by atoms with Crippen LogP contribution in [0.15, 0.2) is 12.4 Å². The molecule has 1 aromatic rings. The average Bonchev–Trinajstić information content (AvgIpc) is 3.27. The summed E-state index contributed by atoms with van der Waals surface area (Å²) in [5.41, 5.74) is 0.196. The van der Waals surface area contributed by atoms with Crippen molar-refractivity contribution in [3.63, 3.8) is 0 Å². The molecule has 0 spiro atoms. The van der Waals surface area contributed by atoms with Crippen LogP contribution in [0.2, 0.25) is 0 Å². The molecule has 0 aliphatic heterocycles. The number of amides is 1. The number of nitrogens with one attached hydrogen (secondary N) is 1. The van der Waals surface area contributed by atoms with Gasteiger partial charge in [-0.1, -0.05) is 53.7 Å². The quantitative estimate of drug-likeness (QED) is 0.236. The van der Waals surface area contributed by atoms with Crippen LogP contribution in [0, 0.1) is 17.9 Å². The number of aliphatic hydroxyl groups is 1. The molecular formula is C25H49N4O6Y-. The fourth-order valence-electron chi connectivity index (χ4n) is 1.95. The third-order valence-corrected chi connectivity index (χ3v) is 3.66. The molecule has 36 heavy (non-hydrogen) atoms. The molecule has 10 nitrogen and oxygen atoms in total. The maximum absolute atomic E-state index is 11.5. The molecule has 0 bridgehead atoms. The monoisotopic (exact) mass is 590 g/mol. The van der Waals surface area contributed by atoms with Crippen LogP contribution < -0.4 is 5.32 Å². The zero-order valence-electron chi connectivity index (χ0n) is 23.5. The number of Topliss-reactive ketones (excluding diaryl/α,β-unsaturated/α-hetero) is 1. The summed E-state index contributed by atoms with van der Waals surface area (Å²) in [6, 6.07) is 0. The van der Waals surface area contributed by atoms with Crippen LogP contribution in [-0.4, -0.2) is 78.0 Å². The van der Waals surface area contributed by atoms with Crippen LogP contribution >= 0.6 is 0 Å². The second-order valence-corrected chi connectivity index (χ2v) is 10.4. The van der Waals surface area contributed by atoms with E-state index < -0.39 is 0 Å². The second kappa shape index (κ2) is 24.6. The zero-order valence-corrected chi connectivity index (χ0v) is 26.4. The summed E-state index contributed by atoms with van der Waals surface area (Å²) in [5, 5.41) is 18.3. The SMILES string of the molecule is CC(C)(C)C.O=C(CCCOCCO)CCOCCOCCn1ccnn1.[CH2-]NC(=O)C(C)(C)C.[Y]. The minimum Gasteiger partial charge on any atom is -0.508 e. The van der Waals surface area contributed by atoms with E-state index in [1.54, 1.807) is 17.1 Å². The van der Waals surface area contributed by atoms with E-state index in [1.165, 1.54) is 0 Å². The first-order valence-corrected chi connectivity index (χ1v) is 12.1. The Bertz CT molecular complexity index is 625. The zero-order chi connectivity index (χ0) is 27.2. The van der Waals surface area contributed by atoms with Gasteiger partial charge in [0.15, 0.2) is 5.91 Å². The van der Waals surface area contributed by atoms with E-state index >= 15 is 0 Å². The Morgan fingerprint density at radius 1 is 0.917 bits per heavy atom. The van der Waals surface area contributed by atoms with E-state index in [9.17, 15) is 9.59 Å². The Kier molecular flexibility index (Phi) is 27.1. The van der Waals surface area contributed by atoms with Gasteiger partial charge in [0.05, 0.1) is 52.4 Å². The predicted molar refractivity (Wildman–Crippen MR) is 137 cm³/mol. The van der Waals surface area contributed by atoms with Crippen LogP contribution in [0.4, 0.5) is 0 Å². The Morgan fingerprint density at radius 3 is 1.92 bits per heavy atom. The molecule has 0 fully saturated rings. The van der Waals surface area contributed by atoms with Crippen molar-refractivity contribution < 1.29 is 61.6 Å². The van der Waals surface area contributed by atoms with Crippen molar-refractivity contribution in [1.29, 1.82) is 0 Å². The van der Waals surface area contributed by atoms with Gasteiger partial charge in [-0.15, -0.1) is 5.10 Å². The summed E-state index contributed by atoms with van der Waals surface area (Å²) in [5.74, 6) is 0.136. The fraction of sp³-hybridized carbons (Fsp3) is 0.800. The number of ether oxygens (including phenoxy) is 3. The van der Waals surface area contributed by atoms with Crippen molar-refractivity contribution in [3.05, 3.63) is 19.4 Å². The van der Waals surface area contributed by atoms with Gasteiger partial charge in [-0.3, -0.25) is 21.3 Å². The minimum absolute atomic E-state index is 0. The van der Waals surface area contributed by atoms with Gasteiger partial charge in [-0.2, -0.15) is 0 Å². The molecule has 11 heteroatoms. The molecule has 0 aromatic carbocycles. The van der Waals surface area contributed by atoms with Gasteiger partial charge >= 0.3 is 0 Å². The molecule has 0 aliphatic rings. The molecule has 0 saturated heterocycles. The van der Waals surface area contributed by atoms with Crippen molar-refractivity contribution in [1.82, 2.24) is 20.3 Å². The molecular weight excluding hydrogens is 541 g/mol. The van der Waals surface area contributed by atoms with E-state index in [-0.39, 0.29) is 56.4 Å². The average molecular weight is 591 g/mol. The molecule has 0 unspecified atom stereocenters. The van der Waals surface area contributed by atoms with Gasteiger partial charge in [-0.05, 0) is 11.8 Å². The topological polar surface area (TPSA) is 125 Å². The smallest absolute Gasteiger partial charge is 0.196 e. The summed E-state index contributed by atoms with van der Waals surface area (Å²) in [7, 11) is 3.25. The van der Waals surface area contributed by atoms with Crippen LogP contribution in [0.3, 0.4) is 0 Å². The summed E-state index contributed by atoms with van der Waals surface area (Å²) in [6.45, 7) is 17.7. The van der Waals surface area contributed by atoms with Crippen LogP contribution in [0.1, 0.15) is 67.7 Å². The van der Waals surface area contributed by atoms with E-state index in [2.05, 4.69) is 50.4 Å². The normalized spacial score (nSPS) is 10.8. The maximum Gasteiger partial charge on any atom is 0.196 e. The summed E-state index contributed by atoms with van der Waals surface area (Å²) >= 11 is 0. The van der Waals surface area contributed by atoms with E-state index in [1.807, 2.05) is 20.8 Å². The number of carbonyl (C=O) groups excluding carboxylic acids is 2. The van der Waals surface area contributed by atoms with Crippen molar-refractivity contribution >= 4 is 11.7 Å². The minimum atomic E-state index is -0.304. The summed E-state index contributed by atoms with van der Waals surface area (Å²) in [4.78, 5) is 22.2. The number of ketones is 1. The van der Waals surface area contributed by atoms with E-state index in [4.69, 9.17) is 19.3 Å². The number of nitrogens with zero attached hydrogens (tertiary/aromatic N) is 3. The first kappa shape index (κ1) is 39.7. The van der Waals surface area contributed by atoms with Crippen molar-refractivity contribution in [3.8, 4) is 0 Å². The largest absolute Gasteiger partial charge is 0.508 e. The molecule has 209 valence electrons. The molecule has 0 saturated carbocycles. The van der Waals surface area contributed by atoms with Crippen LogP contribution in [0.5, 0.6) is 0 Å². The molecule has 1 aromatic heterocycles. The van der Waals surface area contributed by atoms with Crippen molar-refractivity contribution in [2.24, 2.45) is 10.8 Å². The van der Waals surface area contributed by atoms with Gasteiger partial charge in [0, 0.05) is 63.8 Å². The van der Waals surface area contributed by atoms with Gasteiger partial charge in [0.1, 0.15) is 5.78 Å². The van der Waals surface area contributed by atoms with Crippen LogP contribution in [0.25, 0.3) is 0 Å². The predicted octanol–water partition coefficient (Wildman–Crippen LogP) is 3.05. The first-order valence-electron chi connectivity index (χ1n) is 12.1. The maximum atomic E-state index is 11.5. The standard InChI is InChI=1S/C14H25N3O5.C6H12NO.C5H12.Y/c18-7-11-20-8-1-2-14(19)3-9-21-12-13-22-10-6-17-5-4-15-16-17;1-6(2,3)5(8)7-4;1-5(2,3)4;/h4-5,18H,1-3,6-13H2;4H2,1-3H3,(H,7,8);1-4H3;/q;-1;;. The Hall–Kier alpha value is -0.776. The van der Waals surface area contributed by atoms with Gasteiger partial charge < -0.3 is 24.6 Å². The summed E-state index contributed by atoms with van der Waals surface area (Å²) in [6.07, 6.45) is 4.99. The summed E-state index contributed by atoms with van der Waals surface area (Å²) < 4.78 is 17.5. The number of aliphatic hydroxyl groups excluding tert-OH is 1. The van der Waals surface area contributed by atoms with Gasteiger partial charge in [-0.25, -0.2) is 0 Å². The fourth-order valence-corrected chi connectivity index (χ4v) is 1.95. The molecule has 2 N–H and O–H groups in total. The third-order valence-electron chi connectivity index (χ3n) is 3.66. The third kappa shape index (κ3) is 33.2. The number of hydrogen-bond donors (Lipinski definition) is 2. The van der Waals surface area contributed by atoms with Crippen LogP contribution in [-0.2, 0) is 63.1 Å². The molecule has 1 rings (SSSR count). The second-order valence-electron chi connectivity index (χ2n) is 10.4. The molecule has 1 heterocycles. The molecule has 1 amide bonds. The number of rotatable bonds is 15. The number of aromatic nitrogens is 3. The molecule has 1 radical (unpaired) electrons. The van der Waals surface area contributed by atoms with Crippen molar-refractivity contribution in [2.75, 3.05) is 46.2 Å². The van der Waals surface area contributed by atoms with Crippen molar-refractivity contribution in [2.45, 2.75) is 74.3 Å². The van der Waals surface area contributed by atoms with Gasteiger partial charge in [0.25, 0.3) is 0 Å². The number of carbonyl (C=O) groups is 2. The molecule has 0 atom stereocenters. The Morgan fingerprint density at radius 2 is 1.47 bits per heavy atom. The van der Waals surface area contributed by atoms with E-state index in [0.717, 1.165) is 0 Å². The van der Waals surface area contributed by atoms with Gasteiger partial charge in [0.2, 0.25) is 0 Å². The Balaban J connectivity index is -0.000000644. The first-order chi connectivity index (χ1) is 16.3. The van der Waals surface area contributed by atoms with E-state index in [0.29, 0.717) is 70.9 Å². The Labute approximate surface area is 243 Å². The molecule has 0 aliphatic carbocycles. The number of hydrogen-bond acceptors (Lipinski definition) is 8.